The third-order valence-electron chi connectivity index (χ3n) is 5.24. The Bertz CT molecular complexity index is 608. The first-order chi connectivity index (χ1) is 11.6. The van der Waals surface area contributed by atoms with Gasteiger partial charge in [0, 0.05) is 17.9 Å². The van der Waals surface area contributed by atoms with Gasteiger partial charge in [-0.15, -0.1) is 0 Å². The number of amides is 1. The first-order valence-corrected chi connectivity index (χ1v) is 9.92. The van der Waals surface area contributed by atoms with Crippen molar-refractivity contribution in [3.63, 3.8) is 0 Å². The highest BCUT2D eigenvalue weighted by atomic mass is 32.2. The van der Waals surface area contributed by atoms with Gasteiger partial charge in [0.2, 0.25) is 0 Å². The molecule has 1 fully saturated rings. The molecule has 2 aliphatic rings. The molecule has 0 spiro atoms. The maximum absolute atomic E-state index is 12.3. The molecule has 1 aromatic rings. The Morgan fingerprint density at radius 1 is 1.29 bits per heavy atom. The van der Waals surface area contributed by atoms with Gasteiger partial charge in [0.05, 0.1) is 5.54 Å². The topological polar surface area (TPSA) is 67.5 Å². The fourth-order valence-electron chi connectivity index (χ4n) is 3.61. The number of amidine groups is 1. The third kappa shape index (κ3) is 4.12. The Hall–Kier alpha value is -1.49. The van der Waals surface area contributed by atoms with Crippen LogP contribution in [0.1, 0.15) is 61.4 Å². The molecular weight excluding hydrogens is 318 g/mol. The van der Waals surface area contributed by atoms with Gasteiger partial charge in [0.15, 0.2) is 5.17 Å². The second kappa shape index (κ2) is 7.60. The van der Waals surface area contributed by atoms with E-state index in [9.17, 15) is 4.79 Å². The van der Waals surface area contributed by atoms with Crippen LogP contribution in [0.25, 0.3) is 0 Å². The second-order valence-corrected chi connectivity index (χ2v) is 8.23. The fraction of sp³-hybridized carbons (Fsp3) is 0.579. The number of aliphatic imine (C=N–C) groups is 1. The summed E-state index contributed by atoms with van der Waals surface area (Å²) in [6.07, 6.45) is 7.40. The van der Waals surface area contributed by atoms with Crippen molar-refractivity contribution in [3.8, 4) is 0 Å². The minimum Gasteiger partial charge on any atom is -0.379 e. The molecule has 0 aromatic heterocycles. The number of carbonyl (C=O) groups is 1. The molecule has 1 aliphatic carbocycles. The molecule has 1 heterocycles. The van der Waals surface area contributed by atoms with E-state index in [0.29, 0.717) is 11.1 Å². The van der Waals surface area contributed by atoms with Crippen LogP contribution in [0.5, 0.6) is 0 Å². The number of hydrogen-bond donors (Lipinski definition) is 2. The largest absolute Gasteiger partial charge is 0.379 e. The van der Waals surface area contributed by atoms with Crippen molar-refractivity contribution in [2.75, 3.05) is 12.3 Å². The molecule has 24 heavy (non-hydrogen) atoms. The lowest BCUT2D eigenvalue weighted by Gasteiger charge is -2.29. The minimum absolute atomic E-state index is 0.0273. The maximum Gasteiger partial charge on any atom is 0.251 e. The van der Waals surface area contributed by atoms with Gasteiger partial charge in [-0.2, -0.15) is 0 Å². The van der Waals surface area contributed by atoms with Crippen molar-refractivity contribution in [2.24, 2.45) is 16.6 Å². The first kappa shape index (κ1) is 17.3. The second-order valence-electron chi connectivity index (χ2n) is 7.11. The number of thioether (sulfide) groups is 1. The molecule has 3 rings (SSSR count). The van der Waals surface area contributed by atoms with Crippen LogP contribution in [0.2, 0.25) is 0 Å². The molecule has 130 valence electrons. The number of benzene rings is 1. The molecule has 0 bridgehead atoms. The molecule has 0 radical (unpaired) electrons. The summed E-state index contributed by atoms with van der Waals surface area (Å²) in [6, 6.07) is 7.85. The van der Waals surface area contributed by atoms with Crippen molar-refractivity contribution >= 4 is 22.8 Å². The van der Waals surface area contributed by atoms with Crippen LogP contribution < -0.4 is 11.1 Å². The van der Waals surface area contributed by atoms with Gasteiger partial charge < -0.3 is 11.1 Å². The van der Waals surface area contributed by atoms with Crippen LogP contribution in [-0.2, 0) is 5.54 Å². The quantitative estimate of drug-likeness (QED) is 0.875. The zero-order valence-electron chi connectivity index (χ0n) is 14.4. The van der Waals surface area contributed by atoms with Gasteiger partial charge in [-0.05, 0) is 49.8 Å². The fourth-order valence-corrected chi connectivity index (χ4v) is 4.58. The Morgan fingerprint density at radius 2 is 2.00 bits per heavy atom. The summed E-state index contributed by atoms with van der Waals surface area (Å²) in [6.45, 7) is 2.91. The Labute approximate surface area is 148 Å². The SMILES string of the molecule is CC1(c2ccc(C(=O)NCC3CCCCC3)cc2)CCSC(N)=N1. The number of nitrogens with zero attached hydrogens (tertiary/aromatic N) is 1. The zero-order valence-corrected chi connectivity index (χ0v) is 15.2. The maximum atomic E-state index is 12.3. The van der Waals surface area contributed by atoms with Gasteiger partial charge in [0.25, 0.3) is 5.91 Å². The normalized spacial score (nSPS) is 25.1. The van der Waals surface area contributed by atoms with Crippen LogP contribution in [0, 0.1) is 5.92 Å². The summed E-state index contributed by atoms with van der Waals surface area (Å²) in [5.74, 6) is 1.66. The minimum atomic E-state index is -0.271. The lowest BCUT2D eigenvalue weighted by Crippen LogP contribution is -2.31. The van der Waals surface area contributed by atoms with E-state index in [1.165, 1.54) is 32.1 Å². The molecular formula is C19H27N3OS. The van der Waals surface area contributed by atoms with Crippen molar-refractivity contribution in [3.05, 3.63) is 35.4 Å². The van der Waals surface area contributed by atoms with Crippen LogP contribution >= 0.6 is 11.8 Å². The summed E-state index contributed by atoms with van der Waals surface area (Å²) >= 11 is 1.61. The summed E-state index contributed by atoms with van der Waals surface area (Å²) < 4.78 is 0. The first-order valence-electron chi connectivity index (χ1n) is 8.94. The average molecular weight is 346 g/mol. The smallest absolute Gasteiger partial charge is 0.251 e. The van der Waals surface area contributed by atoms with Crippen molar-refractivity contribution < 1.29 is 4.79 Å². The molecule has 5 heteroatoms. The number of rotatable bonds is 4. The van der Waals surface area contributed by atoms with E-state index in [1.54, 1.807) is 11.8 Å². The van der Waals surface area contributed by atoms with E-state index in [-0.39, 0.29) is 11.4 Å². The molecule has 1 aliphatic heterocycles. The summed E-state index contributed by atoms with van der Waals surface area (Å²) in [7, 11) is 0. The predicted octanol–water partition coefficient (Wildman–Crippen LogP) is 3.66. The van der Waals surface area contributed by atoms with Gasteiger partial charge in [-0.3, -0.25) is 9.79 Å². The zero-order chi connectivity index (χ0) is 17.0. The van der Waals surface area contributed by atoms with Gasteiger partial charge in [-0.25, -0.2) is 0 Å². The van der Waals surface area contributed by atoms with Gasteiger partial charge >= 0.3 is 0 Å². The molecule has 0 saturated heterocycles. The molecule has 1 saturated carbocycles. The number of nitrogens with one attached hydrogen (secondary N) is 1. The van der Waals surface area contributed by atoms with E-state index in [1.807, 2.05) is 24.3 Å². The number of hydrogen-bond acceptors (Lipinski definition) is 4. The Morgan fingerprint density at radius 3 is 2.67 bits per heavy atom. The van der Waals surface area contributed by atoms with Crippen molar-refractivity contribution in [1.82, 2.24) is 5.32 Å². The van der Waals surface area contributed by atoms with Gasteiger partial charge in [-0.1, -0.05) is 43.2 Å². The summed E-state index contributed by atoms with van der Waals surface area (Å²) in [5.41, 5.74) is 7.46. The molecule has 1 amide bonds. The molecule has 1 atom stereocenters. The van der Waals surface area contributed by atoms with Crippen LogP contribution in [0.3, 0.4) is 0 Å². The average Bonchev–Trinajstić information content (AvgIpc) is 2.60. The van der Waals surface area contributed by atoms with E-state index >= 15 is 0 Å². The summed E-state index contributed by atoms with van der Waals surface area (Å²) in [4.78, 5) is 17.0. The monoisotopic (exact) mass is 345 g/mol. The highest BCUT2D eigenvalue weighted by molar-refractivity contribution is 8.13. The van der Waals surface area contributed by atoms with Crippen LogP contribution in [0.4, 0.5) is 0 Å². The van der Waals surface area contributed by atoms with E-state index in [4.69, 9.17) is 5.73 Å². The highest BCUT2D eigenvalue weighted by Gasteiger charge is 2.29. The predicted molar refractivity (Wildman–Crippen MR) is 101 cm³/mol. The molecule has 4 nitrogen and oxygen atoms in total. The molecule has 1 unspecified atom stereocenters. The Kier molecular flexibility index (Phi) is 5.49. The number of nitrogens with two attached hydrogens (primary N) is 1. The highest BCUT2D eigenvalue weighted by Crippen LogP contribution is 2.34. The van der Waals surface area contributed by atoms with E-state index in [0.717, 1.165) is 29.8 Å². The Balaban J connectivity index is 1.61. The number of carbonyl (C=O) groups excluding carboxylic acids is 1. The lowest BCUT2D eigenvalue weighted by molar-refractivity contribution is 0.0943. The van der Waals surface area contributed by atoms with Crippen LogP contribution in [0.15, 0.2) is 29.3 Å². The summed E-state index contributed by atoms with van der Waals surface area (Å²) in [5, 5.41) is 3.75. The van der Waals surface area contributed by atoms with E-state index < -0.39 is 0 Å². The van der Waals surface area contributed by atoms with Crippen LogP contribution in [-0.4, -0.2) is 23.4 Å². The van der Waals surface area contributed by atoms with Gasteiger partial charge in [0.1, 0.15) is 0 Å². The molecule has 1 aromatic carbocycles. The third-order valence-corrected chi connectivity index (χ3v) is 6.04. The van der Waals surface area contributed by atoms with Crippen molar-refractivity contribution in [2.45, 2.75) is 51.0 Å². The molecule has 3 N–H and O–H groups in total. The van der Waals surface area contributed by atoms with E-state index in [2.05, 4.69) is 17.2 Å². The standard InChI is InChI=1S/C19H27N3OS/c1-19(11-12-24-18(20)22-19)16-9-7-15(8-10-16)17(23)21-13-14-5-3-2-4-6-14/h7-10,14H,2-6,11-13H2,1H3,(H2,20,22)(H,21,23). The lowest BCUT2D eigenvalue weighted by atomic mass is 9.89. The van der Waals surface area contributed by atoms with Crippen molar-refractivity contribution in [1.29, 1.82) is 0 Å².